The number of rotatable bonds is 11. The van der Waals surface area contributed by atoms with Gasteiger partial charge in [-0.1, -0.05) is 19.1 Å². The first-order valence-corrected chi connectivity index (χ1v) is 11.4. The van der Waals surface area contributed by atoms with Gasteiger partial charge in [-0.15, -0.1) is 0 Å². The van der Waals surface area contributed by atoms with Gasteiger partial charge in [-0.3, -0.25) is 4.79 Å². The molecule has 0 aliphatic heterocycles. The molecule has 0 aromatic carbocycles. The number of pyridine rings is 1. The van der Waals surface area contributed by atoms with Crippen LogP contribution >= 0.6 is 0 Å². The highest BCUT2D eigenvalue weighted by molar-refractivity contribution is 6.00. The maximum atomic E-state index is 13.4. The Bertz CT molecular complexity index is 933. The highest BCUT2D eigenvalue weighted by Crippen LogP contribution is 2.37. The highest BCUT2D eigenvalue weighted by Gasteiger charge is 2.38. The zero-order valence-electron chi connectivity index (χ0n) is 20.8. The molecule has 0 radical (unpaired) electrons. The molecule has 0 bridgehead atoms. The van der Waals surface area contributed by atoms with E-state index in [0.29, 0.717) is 17.9 Å². The predicted octanol–water partition coefficient (Wildman–Crippen LogP) is 4.90. The van der Waals surface area contributed by atoms with Crippen molar-refractivity contribution in [2.24, 2.45) is 4.99 Å². The number of aromatic nitrogens is 1. The quantitative estimate of drug-likeness (QED) is 0.293. The molecule has 6 heteroatoms. The highest BCUT2D eigenvalue weighted by atomic mass is 16.1. The molecule has 2 N–H and O–H groups in total. The van der Waals surface area contributed by atoms with Crippen LogP contribution in [0.4, 0.5) is 5.82 Å². The molecule has 0 saturated heterocycles. The summed E-state index contributed by atoms with van der Waals surface area (Å²) in [4.78, 5) is 24.5. The van der Waals surface area contributed by atoms with Crippen LogP contribution in [0.1, 0.15) is 66.4 Å². The Kier molecular flexibility index (Phi) is 8.81. The summed E-state index contributed by atoms with van der Waals surface area (Å²) in [5.74, 6) is 1.48. The third-order valence-corrected chi connectivity index (χ3v) is 5.53. The average Bonchev–Trinajstić information content (AvgIpc) is 3.46. The lowest BCUT2D eigenvalue weighted by Gasteiger charge is -2.21. The van der Waals surface area contributed by atoms with Gasteiger partial charge in [-0.25, -0.2) is 9.98 Å². The molecule has 1 saturated carbocycles. The van der Waals surface area contributed by atoms with E-state index < -0.39 is 0 Å². The normalized spacial score (nSPS) is 15.1. The van der Waals surface area contributed by atoms with Gasteiger partial charge in [0, 0.05) is 49.2 Å². The van der Waals surface area contributed by atoms with Crippen LogP contribution in [-0.4, -0.2) is 36.2 Å². The van der Waals surface area contributed by atoms with Crippen molar-refractivity contribution in [3.8, 4) is 0 Å². The number of aliphatic imine (C=N–C) groups is 1. The first-order valence-electron chi connectivity index (χ1n) is 11.4. The third-order valence-electron chi connectivity index (χ3n) is 5.53. The second-order valence-corrected chi connectivity index (χ2v) is 9.08. The van der Waals surface area contributed by atoms with E-state index in [1.54, 1.807) is 12.4 Å². The van der Waals surface area contributed by atoms with E-state index in [-0.39, 0.29) is 11.4 Å². The van der Waals surface area contributed by atoms with Crippen molar-refractivity contribution in [1.82, 2.24) is 15.6 Å². The molecule has 0 spiro atoms. The summed E-state index contributed by atoms with van der Waals surface area (Å²) < 4.78 is 0. The van der Waals surface area contributed by atoms with Crippen LogP contribution in [0.15, 0.2) is 58.0 Å². The molecule has 0 atom stereocenters. The lowest BCUT2D eigenvalue weighted by atomic mass is 9.94. The molecule has 2 rings (SSSR count). The third kappa shape index (κ3) is 6.81. The Hall–Kier alpha value is -2.89. The number of nitrogens with one attached hydrogen (secondary N) is 2. The van der Waals surface area contributed by atoms with Crippen molar-refractivity contribution in [3.05, 3.63) is 58.6 Å². The Labute approximate surface area is 193 Å². The van der Waals surface area contributed by atoms with Gasteiger partial charge in [0.2, 0.25) is 0 Å². The fraction of sp³-hybridized carbons (Fsp3) is 0.500. The molecule has 6 nitrogen and oxygen atoms in total. The maximum Gasteiger partial charge on any atom is 0.252 e. The lowest BCUT2D eigenvalue weighted by Crippen LogP contribution is -2.31. The molecular formula is C26H39N5O. The predicted molar refractivity (Wildman–Crippen MR) is 135 cm³/mol. The van der Waals surface area contributed by atoms with Crippen molar-refractivity contribution in [3.63, 3.8) is 0 Å². The van der Waals surface area contributed by atoms with Gasteiger partial charge >= 0.3 is 0 Å². The minimum Gasteiger partial charge on any atom is -0.364 e. The summed E-state index contributed by atoms with van der Waals surface area (Å²) in [7, 11) is 2.03. The van der Waals surface area contributed by atoms with Crippen molar-refractivity contribution in [2.45, 2.75) is 72.9 Å². The Morgan fingerprint density at radius 2 is 2.00 bits per heavy atom. The number of amides is 1. The van der Waals surface area contributed by atoms with Crippen LogP contribution in [0.3, 0.4) is 0 Å². The molecule has 174 valence electrons. The summed E-state index contributed by atoms with van der Waals surface area (Å²) in [6.07, 6.45) is 6.77. The first-order chi connectivity index (χ1) is 15.1. The van der Waals surface area contributed by atoms with E-state index in [1.165, 1.54) is 0 Å². The van der Waals surface area contributed by atoms with Crippen LogP contribution < -0.4 is 15.5 Å². The topological polar surface area (TPSA) is 69.6 Å². The number of hydrogen-bond acceptors (Lipinski definition) is 5. The second kappa shape index (κ2) is 11.1. The first kappa shape index (κ1) is 25.4. The minimum atomic E-state index is -0.130. The average molecular weight is 438 g/mol. The molecule has 32 heavy (non-hydrogen) atoms. The smallest absolute Gasteiger partial charge is 0.252 e. The van der Waals surface area contributed by atoms with Crippen LogP contribution in [0, 0.1) is 0 Å². The molecule has 1 heterocycles. The van der Waals surface area contributed by atoms with Crippen molar-refractivity contribution in [1.29, 1.82) is 0 Å². The number of allylic oxidation sites excluding steroid dienone is 2. The molecule has 1 aromatic rings. The summed E-state index contributed by atoms with van der Waals surface area (Å²) in [6.45, 7) is 17.5. The van der Waals surface area contributed by atoms with Crippen molar-refractivity contribution < 1.29 is 4.79 Å². The Balaban J connectivity index is 2.30. The van der Waals surface area contributed by atoms with Crippen LogP contribution in [0.2, 0.25) is 0 Å². The monoisotopic (exact) mass is 437 g/mol. The number of carbonyl (C=O) groups excluding carboxylic acids is 1. The number of nitrogens with zero attached hydrogens (tertiary/aromatic N) is 3. The second-order valence-electron chi connectivity index (χ2n) is 9.08. The number of hydrogen-bond donors (Lipinski definition) is 2. The molecule has 1 aliphatic rings. The van der Waals surface area contributed by atoms with E-state index in [1.807, 2.05) is 46.9 Å². The Morgan fingerprint density at radius 3 is 2.53 bits per heavy atom. The van der Waals surface area contributed by atoms with Crippen LogP contribution in [0.5, 0.6) is 0 Å². The van der Waals surface area contributed by atoms with Gasteiger partial charge in [0.25, 0.3) is 5.91 Å². The fourth-order valence-electron chi connectivity index (χ4n) is 3.51. The fourth-order valence-corrected chi connectivity index (χ4v) is 3.51. The standard InChI is InChI=1S/C26H39N5O/c1-9-15-31(8)21-16-20(11-14-28-21)17-29-25(32)23(19(5)6)22(18(3)4)24(27-10-2)30-26(7)12-13-26/h10-11,14,16,30H,3,9,12-13,15,17H2,1-2,4-8H3,(H,29,32)/b24-22-,27-10-. The maximum absolute atomic E-state index is 13.4. The van der Waals surface area contributed by atoms with Crippen LogP contribution in [0.25, 0.3) is 0 Å². The largest absolute Gasteiger partial charge is 0.364 e. The van der Waals surface area contributed by atoms with Crippen molar-refractivity contribution in [2.75, 3.05) is 18.5 Å². The van der Waals surface area contributed by atoms with Crippen LogP contribution in [-0.2, 0) is 11.3 Å². The summed E-state index contributed by atoms with van der Waals surface area (Å²) in [5.41, 5.74) is 4.16. The zero-order valence-corrected chi connectivity index (χ0v) is 20.8. The van der Waals surface area contributed by atoms with Gasteiger partial charge < -0.3 is 15.5 Å². The van der Waals surface area contributed by atoms with Gasteiger partial charge in [0.05, 0.1) is 0 Å². The SMILES string of the molecule is C=C(C)/C(C(C(=O)NCc1ccnc(N(C)CCC)c1)=C(C)C)=C(\N=C/C)NC1(C)CC1. The molecule has 1 aliphatic carbocycles. The van der Waals surface area contributed by atoms with Crippen molar-refractivity contribution >= 4 is 17.9 Å². The molecule has 1 amide bonds. The zero-order chi connectivity index (χ0) is 23.9. The molecule has 1 aromatic heterocycles. The molecular weight excluding hydrogens is 398 g/mol. The van der Waals surface area contributed by atoms with E-state index in [4.69, 9.17) is 0 Å². The summed E-state index contributed by atoms with van der Waals surface area (Å²) in [6, 6.07) is 3.96. The van der Waals surface area contributed by atoms with Gasteiger partial charge in [-0.05, 0) is 77.2 Å². The van der Waals surface area contributed by atoms with Gasteiger partial charge in [0.1, 0.15) is 11.6 Å². The van der Waals surface area contributed by atoms with E-state index in [2.05, 4.69) is 45.9 Å². The lowest BCUT2D eigenvalue weighted by molar-refractivity contribution is -0.117. The van der Waals surface area contributed by atoms with E-state index >= 15 is 0 Å². The number of anilines is 1. The van der Waals surface area contributed by atoms with Gasteiger partial charge in [-0.2, -0.15) is 0 Å². The number of carbonyl (C=O) groups is 1. The Morgan fingerprint density at radius 1 is 1.31 bits per heavy atom. The summed E-state index contributed by atoms with van der Waals surface area (Å²) in [5, 5.41) is 6.63. The summed E-state index contributed by atoms with van der Waals surface area (Å²) >= 11 is 0. The van der Waals surface area contributed by atoms with E-state index in [9.17, 15) is 4.79 Å². The minimum absolute atomic E-state index is 0.0315. The van der Waals surface area contributed by atoms with Gasteiger partial charge in [0.15, 0.2) is 0 Å². The molecule has 0 unspecified atom stereocenters. The van der Waals surface area contributed by atoms with E-state index in [0.717, 1.165) is 53.9 Å². The molecule has 1 fully saturated rings.